The van der Waals surface area contributed by atoms with Crippen LogP contribution in [0.1, 0.15) is 34.6 Å². The lowest BCUT2D eigenvalue weighted by Gasteiger charge is -2.13. The van der Waals surface area contributed by atoms with Gasteiger partial charge in [0.2, 0.25) is 0 Å². The molecule has 0 saturated heterocycles. The van der Waals surface area contributed by atoms with Crippen LogP contribution in [0, 0.1) is 17.4 Å². The molecule has 0 atom stereocenters. The van der Waals surface area contributed by atoms with Crippen LogP contribution in [0.4, 0.5) is 0 Å². The summed E-state index contributed by atoms with van der Waals surface area (Å²) in [6, 6.07) is 0. The SMILES string of the molecule is CCOP(=O)(OC#CC(C)(C)C)OCC. The minimum absolute atomic E-state index is 0.205. The highest BCUT2D eigenvalue weighted by atomic mass is 31.2. The zero-order chi connectivity index (χ0) is 11.9. The number of phosphoric ester groups is 1. The van der Waals surface area contributed by atoms with Gasteiger partial charge in [-0.1, -0.05) is 5.92 Å². The van der Waals surface area contributed by atoms with Gasteiger partial charge in [0.25, 0.3) is 0 Å². The minimum Gasteiger partial charge on any atom is -0.350 e. The van der Waals surface area contributed by atoms with Crippen molar-refractivity contribution in [3.05, 3.63) is 0 Å². The molecule has 0 saturated carbocycles. The van der Waals surface area contributed by atoms with Crippen LogP contribution in [0.5, 0.6) is 0 Å². The summed E-state index contributed by atoms with van der Waals surface area (Å²) in [5.41, 5.74) is -0.205. The Hall–Kier alpha value is -0.490. The van der Waals surface area contributed by atoms with Gasteiger partial charge in [-0.15, -0.1) is 0 Å². The first kappa shape index (κ1) is 14.5. The molecule has 0 aromatic carbocycles. The molecule has 0 spiro atoms. The van der Waals surface area contributed by atoms with Crippen molar-refractivity contribution in [1.82, 2.24) is 0 Å². The first-order valence-electron chi connectivity index (χ1n) is 4.93. The van der Waals surface area contributed by atoms with Gasteiger partial charge in [-0.3, -0.25) is 9.05 Å². The minimum atomic E-state index is -3.48. The smallest absolute Gasteiger partial charge is 0.350 e. The van der Waals surface area contributed by atoms with Gasteiger partial charge >= 0.3 is 7.82 Å². The van der Waals surface area contributed by atoms with Crippen LogP contribution in [0.2, 0.25) is 0 Å². The number of hydrogen-bond acceptors (Lipinski definition) is 4. The van der Waals surface area contributed by atoms with Crippen molar-refractivity contribution in [2.24, 2.45) is 5.41 Å². The third-order valence-electron chi connectivity index (χ3n) is 1.16. The summed E-state index contributed by atoms with van der Waals surface area (Å²) >= 11 is 0. The zero-order valence-electron chi connectivity index (χ0n) is 9.99. The van der Waals surface area contributed by atoms with E-state index >= 15 is 0 Å². The van der Waals surface area contributed by atoms with E-state index in [1.807, 2.05) is 20.8 Å². The topological polar surface area (TPSA) is 44.8 Å². The Kier molecular flexibility index (Phi) is 5.97. The van der Waals surface area contributed by atoms with E-state index in [1.165, 1.54) is 0 Å². The lowest BCUT2D eigenvalue weighted by Crippen LogP contribution is -2.01. The molecule has 0 radical (unpaired) electrons. The number of hydrogen-bond donors (Lipinski definition) is 0. The molecule has 0 unspecified atom stereocenters. The molecule has 0 rings (SSSR count). The first-order valence-corrected chi connectivity index (χ1v) is 6.39. The van der Waals surface area contributed by atoms with Gasteiger partial charge in [0.15, 0.2) is 0 Å². The number of phosphoric acid groups is 1. The first-order chi connectivity index (χ1) is 6.83. The van der Waals surface area contributed by atoms with Crippen LogP contribution in [0.25, 0.3) is 0 Å². The average molecular weight is 234 g/mol. The van der Waals surface area contributed by atoms with Gasteiger partial charge in [0, 0.05) is 5.41 Å². The third kappa shape index (κ3) is 7.44. The van der Waals surface area contributed by atoms with Gasteiger partial charge in [-0.2, -0.15) is 0 Å². The van der Waals surface area contributed by atoms with Gasteiger partial charge in [-0.25, -0.2) is 4.57 Å². The summed E-state index contributed by atoms with van der Waals surface area (Å²) in [6.07, 6.45) is 2.37. The van der Waals surface area contributed by atoms with Crippen molar-refractivity contribution < 1.29 is 18.1 Å². The maximum atomic E-state index is 11.7. The van der Waals surface area contributed by atoms with Crippen LogP contribution in [-0.4, -0.2) is 13.2 Å². The van der Waals surface area contributed by atoms with Crippen LogP contribution in [-0.2, 0) is 18.1 Å². The standard InChI is InChI=1S/C10H19O4P/c1-6-12-15(11,13-7-2)14-9-8-10(3,4)5/h6-7H2,1-5H3. The second kappa shape index (κ2) is 6.17. The molecule has 0 aromatic rings. The van der Waals surface area contributed by atoms with Gasteiger partial charge in [0.05, 0.1) is 13.2 Å². The summed E-state index contributed by atoms with van der Waals surface area (Å²) in [4.78, 5) is 0. The summed E-state index contributed by atoms with van der Waals surface area (Å²) in [7, 11) is -3.48. The van der Waals surface area contributed by atoms with Gasteiger partial charge in [-0.05, 0) is 34.6 Å². The fourth-order valence-corrected chi connectivity index (χ4v) is 1.61. The lowest BCUT2D eigenvalue weighted by atomic mass is 9.99. The van der Waals surface area contributed by atoms with Crippen LogP contribution >= 0.6 is 7.82 Å². The van der Waals surface area contributed by atoms with Crippen molar-refractivity contribution >= 4 is 7.82 Å². The Labute approximate surface area is 91.9 Å². The Morgan fingerprint density at radius 2 is 1.60 bits per heavy atom. The number of rotatable bonds is 5. The van der Waals surface area contributed by atoms with E-state index in [0.29, 0.717) is 0 Å². The molecule has 0 aromatic heterocycles. The molecule has 0 fully saturated rings. The van der Waals surface area contributed by atoms with E-state index in [-0.39, 0.29) is 18.6 Å². The van der Waals surface area contributed by atoms with Crippen LogP contribution in [0.15, 0.2) is 0 Å². The van der Waals surface area contributed by atoms with E-state index in [9.17, 15) is 4.57 Å². The summed E-state index contributed by atoms with van der Waals surface area (Å²) in [5.74, 6) is 2.79. The highest BCUT2D eigenvalue weighted by molar-refractivity contribution is 7.48. The zero-order valence-corrected chi connectivity index (χ0v) is 10.9. The molecule has 0 aliphatic heterocycles. The fourth-order valence-electron chi connectivity index (χ4n) is 0.638. The lowest BCUT2D eigenvalue weighted by molar-refractivity contribution is 0.159. The molecule has 5 heteroatoms. The quantitative estimate of drug-likeness (QED) is 0.541. The van der Waals surface area contributed by atoms with Crippen molar-refractivity contribution in [1.29, 1.82) is 0 Å². The van der Waals surface area contributed by atoms with Crippen molar-refractivity contribution in [2.75, 3.05) is 13.2 Å². The predicted octanol–water partition coefficient (Wildman–Crippen LogP) is 3.19. The normalized spacial score (nSPS) is 11.8. The average Bonchev–Trinajstić information content (AvgIpc) is 2.01. The predicted molar refractivity (Wildman–Crippen MR) is 59.2 cm³/mol. The molecule has 0 amide bonds. The Morgan fingerprint density at radius 1 is 1.13 bits per heavy atom. The van der Waals surface area contributed by atoms with Gasteiger partial charge < -0.3 is 4.52 Å². The molecule has 0 heterocycles. The maximum absolute atomic E-state index is 11.7. The molecular weight excluding hydrogens is 215 g/mol. The molecule has 15 heavy (non-hydrogen) atoms. The molecular formula is C10H19O4P. The second-order valence-electron chi connectivity index (χ2n) is 3.85. The Bertz CT molecular complexity index is 272. The monoisotopic (exact) mass is 234 g/mol. The van der Waals surface area contributed by atoms with Crippen LogP contribution in [0.3, 0.4) is 0 Å². The molecule has 4 nitrogen and oxygen atoms in total. The third-order valence-corrected chi connectivity index (χ3v) is 2.62. The highest BCUT2D eigenvalue weighted by Gasteiger charge is 2.25. The van der Waals surface area contributed by atoms with Crippen LogP contribution < -0.4 is 0 Å². The maximum Gasteiger partial charge on any atom is 0.538 e. The molecule has 88 valence electrons. The van der Waals surface area contributed by atoms with E-state index in [0.717, 1.165) is 0 Å². The molecule has 0 aliphatic carbocycles. The Morgan fingerprint density at radius 3 is 1.93 bits per heavy atom. The van der Waals surface area contributed by atoms with Crippen molar-refractivity contribution in [3.8, 4) is 12.0 Å². The van der Waals surface area contributed by atoms with E-state index in [2.05, 4.69) is 12.0 Å². The highest BCUT2D eigenvalue weighted by Crippen LogP contribution is 2.48. The largest absolute Gasteiger partial charge is 0.538 e. The van der Waals surface area contributed by atoms with Gasteiger partial charge in [0.1, 0.15) is 6.11 Å². The molecule has 0 aliphatic rings. The van der Waals surface area contributed by atoms with E-state index in [1.54, 1.807) is 13.8 Å². The summed E-state index contributed by atoms with van der Waals surface area (Å²) in [6.45, 7) is 9.72. The van der Waals surface area contributed by atoms with Crippen molar-refractivity contribution in [2.45, 2.75) is 34.6 Å². The molecule has 0 N–H and O–H groups in total. The molecule has 0 bridgehead atoms. The summed E-state index contributed by atoms with van der Waals surface area (Å²) in [5, 5.41) is 0. The summed E-state index contributed by atoms with van der Waals surface area (Å²) < 4.78 is 26.4. The van der Waals surface area contributed by atoms with E-state index in [4.69, 9.17) is 13.6 Å². The Balaban J connectivity index is 4.41. The van der Waals surface area contributed by atoms with Crippen molar-refractivity contribution in [3.63, 3.8) is 0 Å². The fraction of sp³-hybridized carbons (Fsp3) is 0.800. The second-order valence-corrected chi connectivity index (χ2v) is 5.44. The van der Waals surface area contributed by atoms with E-state index < -0.39 is 7.82 Å².